The van der Waals surface area contributed by atoms with Crippen molar-refractivity contribution in [2.24, 2.45) is 11.3 Å². The first-order chi connectivity index (χ1) is 13.5. The highest BCUT2D eigenvalue weighted by atomic mass is 16.6. The molecule has 0 saturated carbocycles. The first kappa shape index (κ1) is 23.7. The Labute approximate surface area is 176 Å². The van der Waals surface area contributed by atoms with Crippen molar-refractivity contribution in [3.05, 3.63) is 12.3 Å². The standard InChI is InChI=1S/C20H31N3O7/c1-11(2)29-15(25)12-9-22-10-13(21-17(28)30-19(6,7)8)14(24)23(22)20(12,16(26)27)18(3,4)5/h12-13H,1,9-10H2,2-8H3,(H,21,28)(H,26,27)/t12-,13?,20?/m1/s1. The van der Waals surface area contributed by atoms with Crippen LogP contribution in [0.2, 0.25) is 0 Å². The number of esters is 1. The molecule has 2 amide bonds. The maximum atomic E-state index is 13.2. The summed E-state index contributed by atoms with van der Waals surface area (Å²) < 4.78 is 10.3. The van der Waals surface area contributed by atoms with Crippen LogP contribution in [0.25, 0.3) is 0 Å². The number of carboxylic acid groups (broad SMARTS) is 1. The Morgan fingerprint density at radius 1 is 1.17 bits per heavy atom. The van der Waals surface area contributed by atoms with Crippen LogP contribution in [0, 0.1) is 11.3 Å². The molecule has 10 heteroatoms. The number of ether oxygens (including phenoxy) is 2. The number of alkyl carbamates (subject to hydrolysis) is 1. The van der Waals surface area contributed by atoms with Crippen molar-refractivity contribution in [3.8, 4) is 0 Å². The predicted molar refractivity (Wildman–Crippen MR) is 106 cm³/mol. The fraction of sp³-hybridized carbons (Fsp3) is 0.700. The number of hydrogen-bond acceptors (Lipinski definition) is 7. The van der Waals surface area contributed by atoms with E-state index in [0.717, 1.165) is 5.01 Å². The van der Waals surface area contributed by atoms with Gasteiger partial charge in [0, 0.05) is 13.1 Å². The average molecular weight is 425 g/mol. The van der Waals surface area contributed by atoms with E-state index >= 15 is 0 Å². The zero-order chi connectivity index (χ0) is 23.2. The van der Waals surface area contributed by atoms with E-state index in [1.807, 2.05) is 0 Å². The fourth-order valence-electron chi connectivity index (χ4n) is 4.15. The number of nitrogens with zero attached hydrogens (tertiary/aromatic N) is 2. The van der Waals surface area contributed by atoms with Gasteiger partial charge in [-0.3, -0.25) is 14.6 Å². The summed E-state index contributed by atoms with van der Waals surface area (Å²) in [6, 6.07) is -1.00. The lowest BCUT2D eigenvalue weighted by Gasteiger charge is -2.45. The number of nitrogens with one attached hydrogen (secondary N) is 1. The maximum absolute atomic E-state index is 13.2. The van der Waals surface area contributed by atoms with Gasteiger partial charge in [-0.25, -0.2) is 14.6 Å². The van der Waals surface area contributed by atoms with Crippen LogP contribution in [-0.2, 0) is 23.9 Å². The molecule has 0 aliphatic carbocycles. The van der Waals surface area contributed by atoms with Crippen LogP contribution in [0.5, 0.6) is 0 Å². The van der Waals surface area contributed by atoms with Gasteiger partial charge < -0.3 is 19.9 Å². The van der Waals surface area contributed by atoms with Gasteiger partial charge in [-0.2, -0.15) is 0 Å². The van der Waals surface area contributed by atoms with E-state index in [4.69, 9.17) is 9.47 Å². The van der Waals surface area contributed by atoms with E-state index in [-0.39, 0.29) is 18.8 Å². The molecule has 10 nitrogen and oxygen atoms in total. The number of hydrazine groups is 1. The molecule has 2 rings (SSSR count). The van der Waals surface area contributed by atoms with Crippen LogP contribution in [0.15, 0.2) is 12.3 Å². The van der Waals surface area contributed by atoms with Crippen LogP contribution < -0.4 is 5.32 Å². The zero-order valence-electron chi connectivity index (χ0n) is 18.6. The molecular weight excluding hydrogens is 394 g/mol. The number of fused-ring (bicyclic) bond motifs is 1. The molecule has 0 spiro atoms. The molecule has 2 heterocycles. The Kier molecular flexibility index (Phi) is 5.97. The third kappa shape index (κ3) is 4.00. The van der Waals surface area contributed by atoms with Crippen LogP contribution in [0.1, 0.15) is 48.5 Å². The summed E-state index contributed by atoms with van der Waals surface area (Å²) in [5.74, 6) is -3.72. The van der Waals surface area contributed by atoms with Gasteiger partial charge >= 0.3 is 18.0 Å². The molecule has 0 bridgehead atoms. The number of amides is 2. The number of aliphatic carboxylic acids is 1. The van der Waals surface area contributed by atoms with E-state index in [1.54, 1.807) is 41.5 Å². The van der Waals surface area contributed by atoms with E-state index in [2.05, 4.69) is 11.9 Å². The molecule has 30 heavy (non-hydrogen) atoms. The highest BCUT2D eigenvalue weighted by Gasteiger charge is 2.71. The number of carbonyl (C=O) groups excluding carboxylic acids is 3. The quantitative estimate of drug-likeness (QED) is 0.513. The van der Waals surface area contributed by atoms with Gasteiger partial charge in [0.2, 0.25) is 0 Å². The average Bonchev–Trinajstić information content (AvgIpc) is 3.00. The van der Waals surface area contributed by atoms with Crippen LogP contribution in [-0.4, -0.2) is 69.3 Å². The van der Waals surface area contributed by atoms with E-state index in [0.29, 0.717) is 0 Å². The molecule has 0 aromatic rings. The highest BCUT2D eigenvalue weighted by molar-refractivity contribution is 5.97. The van der Waals surface area contributed by atoms with Crippen molar-refractivity contribution >= 4 is 23.9 Å². The minimum atomic E-state index is -1.90. The third-order valence-corrected chi connectivity index (χ3v) is 5.13. The maximum Gasteiger partial charge on any atom is 0.408 e. The normalized spacial score (nSPS) is 26.9. The molecule has 168 valence electrons. The second-order valence-corrected chi connectivity index (χ2v) is 9.72. The monoisotopic (exact) mass is 425 g/mol. The summed E-state index contributed by atoms with van der Waals surface area (Å²) >= 11 is 0. The van der Waals surface area contributed by atoms with Gasteiger partial charge in [0.15, 0.2) is 5.54 Å². The van der Waals surface area contributed by atoms with Gasteiger partial charge in [-0.05, 0) is 33.1 Å². The second-order valence-electron chi connectivity index (χ2n) is 9.72. The zero-order valence-corrected chi connectivity index (χ0v) is 18.6. The van der Waals surface area contributed by atoms with Crippen molar-refractivity contribution in [1.29, 1.82) is 0 Å². The first-order valence-electron chi connectivity index (χ1n) is 9.71. The molecule has 2 aliphatic rings. The molecule has 2 fully saturated rings. The lowest BCUT2D eigenvalue weighted by Crippen LogP contribution is -2.66. The SMILES string of the molecule is C=C(C)OC(=O)[C@H]1CN2CC(NC(=O)OC(C)(C)C)C(=O)N2C1(C(=O)O)C(C)(C)C. The molecular formula is C20H31N3O7. The van der Waals surface area contributed by atoms with E-state index in [9.17, 15) is 24.3 Å². The summed E-state index contributed by atoms with van der Waals surface area (Å²) in [6.07, 6.45) is -0.779. The number of carboxylic acids is 1. The Balaban J connectivity index is 2.42. The Hall–Kier alpha value is -2.62. The minimum Gasteiger partial charge on any atom is -0.479 e. The highest BCUT2D eigenvalue weighted by Crippen LogP contribution is 2.50. The molecule has 3 atom stereocenters. The topological polar surface area (TPSA) is 125 Å². The minimum absolute atomic E-state index is 0.0139. The Morgan fingerprint density at radius 3 is 2.17 bits per heavy atom. The van der Waals surface area contributed by atoms with Gasteiger partial charge in [-0.1, -0.05) is 27.4 Å². The number of carbonyl (C=O) groups is 4. The Morgan fingerprint density at radius 2 is 1.73 bits per heavy atom. The summed E-state index contributed by atoms with van der Waals surface area (Å²) in [7, 11) is 0. The fourth-order valence-corrected chi connectivity index (χ4v) is 4.15. The smallest absolute Gasteiger partial charge is 0.408 e. The molecule has 2 N–H and O–H groups in total. The Bertz CT molecular complexity index is 780. The molecule has 2 aliphatic heterocycles. The van der Waals surface area contributed by atoms with Gasteiger partial charge in [-0.15, -0.1) is 0 Å². The van der Waals surface area contributed by atoms with Crippen LogP contribution in [0.4, 0.5) is 4.79 Å². The molecule has 2 unspecified atom stereocenters. The van der Waals surface area contributed by atoms with E-state index in [1.165, 1.54) is 11.9 Å². The summed E-state index contributed by atoms with van der Waals surface area (Å²) in [5.41, 5.74) is -3.69. The molecule has 0 radical (unpaired) electrons. The third-order valence-electron chi connectivity index (χ3n) is 5.13. The summed E-state index contributed by atoms with van der Waals surface area (Å²) in [6.45, 7) is 15.0. The summed E-state index contributed by atoms with van der Waals surface area (Å²) in [5, 5.41) is 15.4. The van der Waals surface area contributed by atoms with Gasteiger partial charge in [0.1, 0.15) is 17.6 Å². The molecule has 2 saturated heterocycles. The number of allylic oxidation sites excluding steroid dienone is 1. The van der Waals surface area contributed by atoms with Gasteiger partial charge in [0.25, 0.3) is 5.91 Å². The first-order valence-corrected chi connectivity index (χ1v) is 9.71. The lowest BCUT2D eigenvalue weighted by molar-refractivity contribution is -0.181. The molecule has 0 aromatic carbocycles. The van der Waals surface area contributed by atoms with Crippen molar-refractivity contribution in [2.45, 2.75) is 65.6 Å². The summed E-state index contributed by atoms with van der Waals surface area (Å²) in [4.78, 5) is 50.8. The van der Waals surface area contributed by atoms with Gasteiger partial charge in [0.05, 0.1) is 5.76 Å². The van der Waals surface area contributed by atoms with Crippen LogP contribution >= 0.6 is 0 Å². The second kappa shape index (κ2) is 7.57. The van der Waals surface area contributed by atoms with Crippen molar-refractivity contribution in [2.75, 3.05) is 13.1 Å². The lowest BCUT2D eigenvalue weighted by atomic mass is 9.66. The molecule has 0 aromatic heterocycles. The number of rotatable bonds is 4. The van der Waals surface area contributed by atoms with Crippen molar-refractivity contribution in [3.63, 3.8) is 0 Å². The predicted octanol–water partition coefficient (Wildman–Crippen LogP) is 1.52. The van der Waals surface area contributed by atoms with Crippen molar-refractivity contribution in [1.82, 2.24) is 15.3 Å². The number of hydrogen-bond donors (Lipinski definition) is 2. The van der Waals surface area contributed by atoms with E-state index < -0.39 is 52.5 Å². The van der Waals surface area contributed by atoms with Crippen molar-refractivity contribution < 1.29 is 33.8 Å². The van der Waals surface area contributed by atoms with Crippen LogP contribution in [0.3, 0.4) is 0 Å². The largest absolute Gasteiger partial charge is 0.479 e.